The van der Waals surface area contributed by atoms with E-state index in [2.05, 4.69) is 35.8 Å². The maximum atomic E-state index is 5.49. The molecular weight excluding hydrogens is 326 g/mol. The molecule has 9 heteroatoms. The van der Waals surface area contributed by atoms with E-state index >= 15 is 0 Å². The van der Waals surface area contributed by atoms with Gasteiger partial charge in [-0.3, -0.25) is 15.7 Å². The summed E-state index contributed by atoms with van der Waals surface area (Å²) >= 11 is 1.43. The minimum atomic E-state index is 0.462. The second kappa shape index (κ2) is 7.64. The van der Waals surface area contributed by atoms with Gasteiger partial charge >= 0.3 is 0 Å². The maximum absolute atomic E-state index is 5.49. The topological polar surface area (TPSA) is 96.7 Å². The third-order valence-corrected chi connectivity index (χ3v) is 3.69. The fourth-order valence-corrected chi connectivity index (χ4v) is 2.54. The molecular formula is C15H17N7OS. The van der Waals surface area contributed by atoms with Crippen LogP contribution in [0.15, 0.2) is 39.9 Å². The van der Waals surface area contributed by atoms with Gasteiger partial charge < -0.3 is 4.74 Å². The van der Waals surface area contributed by atoms with Crippen LogP contribution in [0.4, 0.5) is 16.9 Å². The van der Waals surface area contributed by atoms with E-state index < -0.39 is 0 Å². The zero-order valence-electron chi connectivity index (χ0n) is 13.4. The van der Waals surface area contributed by atoms with E-state index in [-0.39, 0.29) is 0 Å². The number of hydrogen-bond donors (Lipinski definition) is 2. The van der Waals surface area contributed by atoms with Crippen molar-refractivity contribution >= 4 is 39.8 Å². The second-order valence-corrected chi connectivity index (χ2v) is 5.64. The lowest BCUT2D eigenvalue weighted by molar-refractivity contribution is 0.353. The number of nitrogens with one attached hydrogen (secondary N) is 2. The summed E-state index contributed by atoms with van der Waals surface area (Å²) in [5.74, 6) is 1.58. The smallest absolute Gasteiger partial charge is 0.257 e. The summed E-state index contributed by atoms with van der Waals surface area (Å²) in [6.45, 7) is 5.03. The van der Waals surface area contributed by atoms with Crippen molar-refractivity contribution in [2.75, 3.05) is 23.9 Å². The molecule has 8 nitrogen and oxygen atoms in total. The van der Waals surface area contributed by atoms with E-state index in [1.807, 2.05) is 37.4 Å². The van der Waals surface area contributed by atoms with Gasteiger partial charge in [0.2, 0.25) is 5.95 Å². The van der Waals surface area contributed by atoms with Gasteiger partial charge in [-0.1, -0.05) is 0 Å². The molecule has 0 fully saturated rings. The number of rotatable bonds is 5. The summed E-state index contributed by atoms with van der Waals surface area (Å²) in [5, 5.41) is 9.82. The molecule has 0 unspecified atom stereocenters. The number of aryl methyl sites for hydroxylation is 1. The minimum Gasteiger partial charge on any atom is -0.471 e. The Kier molecular flexibility index (Phi) is 5.12. The molecule has 2 aromatic rings. The van der Waals surface area contributed by atoms with Gasteiger partial charge in [-0.15, -0.1) is 16.4 Å². The lowest BCUT2D eigenvalue weighted by Gasteiger charge is -2.11. The largest absolute Gasteiger partial charge is 0.471 e. The molecule has 2 aromatic heterocycles. The zero-order chi connectivity index (χ0) is 16.8. The number of aliphatic imine (C=N–C) groups is 1. The standard InChI is InChI=1S/C15H17N7OS/c1-3-16-11-5-4-8-23-13(11)22-21-12-9-24-15(19-12)20-14-17-7-6-10(2)18-14/h4-7,9,21H,3,8H2,1-2H3,(H,17,18,19,20). The molecule has 0 radical (unpaired) electrons. The first kappa shape index (κ1) is 16.1. The van der Waals surface area contributed by atoms with Crippen LogP contribution >= 0.6 is 11.3 Å². The Morgan fingerprint density at radius 2 is 2.29 bits per heavy atom. The van der Waals surface area contributed by atoms with Crippen LogP contribution in [0.3, 0.4) is 0 Å². The molecule has 1 aliphatic rings. The molecule has 0 saturated heterocycles. The lowest BCUT2D eigenvalue weighted by Crippen LogP contribution is -2.22. The summed E-state index contributed by atoms with van der Waals surface area (Å²) < 4.78 is 5.49. The Morgan fingerprint density at radius 1 is 1.38 bits per heavy atom. The first-order chi connectivity index (χ1) is 11.7. The van der Waals surface area contributed by atoms with Gasteiger partial charge in [-0.2, -0.15) is 0 Å². The Balaban J connectivity index is 1.67. The summed E-state index contributed by atoms with van der Waals surface area (Å²) in [7, 11) is 0. The fraction of sp³-hybridized carbons (Fsp3) is 0.267. The predicted molar refractivity (Wildman–Crippen MR) is 96.3 cm³/mol. The van der Waals surface area contributed by atoms with E-state index in [1.54, 1.807) is 6.20 Å². The van der Waals surface area contributed by atoms with Crippen molar-refractivity contribution in [1.82, 2.24) is 15.0 Å². The summed E-state index contributed by atoms with van der Waals surface area (Å²) in [5.41, 5.74) is 4.50. The van der Waals surface area contributed by atoms with Crippen molar-refractivity contribution in [1.29, 1.82) is 0 Å². The summed E-state index contributed by atoms with van der Waals surface area (Å²) in [6, 6.07) is 1.84. The van der Waals surface area contributed by atoms with Gasteiger partial charge in [-0.05, 0) is 32.1 Å². The van der Waals surface area contributed by atoms with Gasteiger partial charge in [0.15, 0.2) is 10.9 Å². The van der Waals surface area contributed by atoms with Crippen molar-refractivity contribution in [2.24, 2.45) is 10.1 Å². The van der Waals surface area contributed by atoms with Gasteiger partial charge in [0.05, 0.1) is 0 Å². The molecule has 0 bridgehead atoms. The van der Waals surface area contributed by atoms with Crippen LogP contribution in [0, 0.1) is 6.92 Å². The number of thiazole rings is 1. The molecule has 0 saturated carbocycles. The molecule has 0 aliphatic carbocycles. The first-order valence-electron chi connectivity index (χ1n) is 7.44. The van der Waals surface area contributed by atoms with Crippen molar-refractivity contribution in [3.05, 3.63) is 35.5 Å². The first-order valence-corrected chi connectivity index (χ1v) is 8.32. The van der Waals surface area contributed by atoms with Gasteiger partial charge in [0, 0.05) is 23.8 Å². The molecule has 0 amide bonds. The van der Waals surface area contributed by atoms with E-state index in [4.69, 9.17) is 4.74 Å². The third-order valence-electron chi connectivity index (χ3n) is 2.93. The highest BCUT2D eigenvalue weighted by molar-refractivity contribution is 7.14. The highest BCUT2D eigenvalue weighted by atomic mass is 32.1. The lowest BCUT2D eigenvalue weighted by atomic mass is 10.3. The molecule has 0 atom stereocenters. The normalized spacial score (nSPS) is 17.1. The van der Waals surface area contributed by atoms with E-state index in [0.717, 1.165) is 11.4 Å². The van der Waals surface area contributed by atoms with Crippen molar-refractivity contribution in [3.63, 3.8) is 0 Å². The number of hydrogen-bond acceptors (Lipinski definition) is 9. The highest BCUT2D eigenvalue weighted by Gasteiger charge is 2.12. The number of hydrazone groups is 1. The minimum absolute atomic E-state index is 0.462. The Hall–Kier alpha value is -2.81. The monoisotopic (exact) mass is 343 g/mol. The molecule has 124 valence electrons. The number of nitrogens with zero attached hydrogens (tertiary/aromatic N) is 5. The van der Waals surface area contributed by atoms with Crippen LogP contribution < -0.4 is 10.7 Å². The Morgan fingerprint density at radius 3 is 3.12 bits per heavy atom. The van der Waals surface area contributed by atoms with Crippen LogP contribution in [0.2, 0.25) is 0 Å². The highest BCUT2D eigenvalue weighted by Crippen LogP contribution is 2.21. The van der Waals surface area contributed by atoms with E-state index in [1.165, 1.54) is 11.3 Å². The van der Waals surface area contributed by atoms with Crippen molar-refractivity contribution in [2.45, 2.75) is 13.8 Å². The Bertz CT molecular complexity index is 797. The van der Waals surface area contributed by atoms with Gasteiger partial charge in [-0.25, -0.2) is 15.0 Å². The fourth-order valence-electron chi connectivity index (χ4n) is 1.91. The molecule has 1 aliphatic heterocycles. The summed E-state index contributed by atoms with van der Waals surface area (Å²) in [6.07, 6.45) is 5.50. The van der Waals surface area contributed by atoms with Gasteiger partial charge in [0.1, 0.15) is 12.3 Å². The SMILES string of the molecule is CCN=C1C=CCOC1=NNc1csc(Nc2nccc(C)n2)n1. The molecule has 3 heterocycles. The molecule has 0 spiro atoms. The van der Waals surface area contributed by atoms with Crippen LogP contribution in [-0.2, 0) is 4.74 Å². The second-order valence-electron chi connectivity index (χ2n) is 4.79. The van der Waals surface area contributed by atoms with Crippen LogP contribution in [0.25, 0.3) is 0 Å². The molecule has 24 heavy (non-hydrogen) atoms. The molecule has 3 rings (SSSR count). The van der Waals surface area contributed by atoms with Crippen molar-refractivity contribution in [3.8, 4) is 0 Å². The van der Waals surface area contributed by atoms with Crippen LogP contribution in [0.1, 0.15) is 12.6 Å². The number of aromatic nitrogens is 3. The van der Waals surface area contributed by atoms with Crippen LogP contribution in [-0.4, -0.2) is 39.7 Å². The van der Waals surface area contributed by atoms with Gasteiger partial charge in [0.25, 0.3) is 5.90 Å². The molecule has 0 aromatic carbocycles. The molecule has 2 N–H and O–H groups in total. The van der Waals surface area contributed by atoms with Crippen molar-refractivity contribution < 1.29 is 4.74 Å². The summed E-state index contributed by atoms with van der Waals surface area (Å²) in [4.78, 5) is 17.1. The number of ether oxygens (including phenoxy) is 1. The predicted octanol–water partition coefficient (Wildman–Crippen LogP) is 2.76. The average Bonchev–Trinajstić information content (AvgIpc) is 3.02. The van der Waals surface area contributed by atoms with E-state index in [9.17, 15) is 0 Å². The maximum Gasteiger partial charge on any atom is 0.257 e. The van der Waals surface area contributed by atoms with Crippen LogP contribution in [0.5, 0.6) is 0 Å². The Labute approximate surface area is 143 Å². The quantitative estimate of drug-likeness (QED) is 0.810. The zero-order valence-corrected chi connectivity index (χ0v) is 14.2. The van der Waals surface area contributed by atoms with E-state index in [0.29, 0.717) is 35.9 Å². The third kappa shape index (κ3) is 4.13. The number of anilines is 3. The average molecular weight is 343 g/mol.